The first-order chi connectivity index (χ1) is 16.8. The maximum atomic E-state index is 13.7. The maximum Gasteiger partial charge on any atom is 0.294 e. The zero-order chi connectivity index (χ0) is 24.9. The number of aliphatic hydroxyl groups excluding tert-OH is 1. The summed E-state index contributed by atoms with van der Waals surface area (Å²) >= 11 is 6.15. The topological polar surface area (TPSA) is 102 Å². The number of halogens is 1. The van der Waals surface area contributed by atoms with Gasteiger partial charge in [-0.2, -0.15) is 0 Å². The van der Waals surface area contributed by atoms with Crippen LogP contribution in [0.3, 0.4) is 0 Å². The van der Waals surface area contributed by atoms with Crippen LogP contribution in [0.5, 0.6) is 11.5 Å². The summed E-state index contributed by atoms with van der Waals surface area (Å²) in [5.41, 5.74) is 0.502. The molecule has 0 spiro atoms. The first kappa shape index (κ1) is 22.6. The van der Waals surface area contributed by atoms with Gasteiger partial charge in [-0.05, 0) is 43.3 Å². The van der Waals surface area contributed by atoms with Gasteiger partial charge in [-0.15, -0.1) is 0 Å². The molecule has 3 heterocycles. The molecule has 0 fully saturated rings. The predicted molar refractivity (Wildman–Crippen MR) is 128 cm³/mol. The standard InChI is InChI=1S/C26H20ClNO7/c1-13-8-9-18(34-13)22-21(24(30)26(31)28(22)16-6-4-5-7-17(16)32-2)23(29)19-11-14-10-15(27)12-20(33-3)25(14)35-19/h4-12,22,30H,1-3H3. The summed E-state index contributed by atoms with van der Waals surface area (Å²) in [6.45, 7) is 1.74. The number of Topliss-reactive ketones (excluding diaryl/α,β-unsaturated/α-hetero) is 1. The molecule has 1 atom stereocenters. The normalized spacial score (nSPS) is 15.8. The number of fused-ring (bicyclic) bond motifs is 1. The van der Waals surface area contributed by atoms with Crippen molar-refractivity contribution in [3.05, 3.63) is 88.2 Å². The number of hydrogen-bond acceptors (Lipinski definition) is 7. The Balaban J connectivity index is 1.67. The number of carbonyl (C=O) groups excluding carboxylic acids is 2. The van der Waals surface area contributed by atoms with Crippen LogP contribution in [0.25, 0.3) is 11.0 Å². The van der Waals surface area contributed by atoms with Crippen LogP contribution >= 0.6 is 11.6 Å². The summed E-state index contributed by atoms with van der Waals surface area (Å²) in [5.74, 6) is -0.634. The smallest absolute Gasteiger partial charge is 0.294 e. The lowest BCUT2D eigenvalue weighted by molar-refractivity contribution is -0.117. The van der Waals surface area contributed by atoms with Crippen molar-refractivity contribution in [2.75, 3.05) is 19.1 Å². The fraction of sp³-hybridized carbons (Fsp3) is 0.154. The van der Waals surface area contributed by atoms with Crippen LogP contribution in [0.2, 0.25) is 5.02 Å². The van der Waals surface area contributed by atoms with Crippen molar-refractivity contribution < 1.29 is 33.0 Å². The van der Waals surface area contributed by atoms with Crippen molar-refractivity contribution >= 4 is 39.9 Å². The largest absolute Gasteiger partial charge is 0.503 e. The Morgan fingerprint density at radius 2 is 1.77 bits per heavy atom. The molecule has 2 aromatic carbocycles. The first-order valence-corrected chi connectivity index (χ1v) is 11.0. The van der Waals surface area contributed by atoms with E-state index < -0.39 is 23.5 Å². The van der Waals surface area contributed by atoms with Crippen LogP contribution in [-0.2, 0) is 4.79 Å². The Morgan fingerprint density at radius 3 is 2.46 bits per heavy atom. The fourth-order valence-corrected chi connectivity index (χ4v) is 4.48. The van der Waals surface area contributed by atoms with Gasteiger partial charge in [-0.1, -0.05) is 23.7 Å². The maximum absolute atomic E-state index is 13.7. The van der Waals surface area contributed by atoms with E-state index in [-0.39, 0.29) is 11.3 Å². The third kappa shape index (κ3) is 3.63. The number of benzene rings is 2. The highest BCUT2D eigenvalue weighted by molar-refractivity contribution is 6.31. The molecule has 8 nitrogen and oxygen atoms in total. The number of amides is 1. The summed E-state index contributed by atoms with van der Waals surface area (Å²) in [6.07, 6.45) is 0. The Morgan fingerprint density at radius 1 is 1.03 bits per heavy atom. The van der Waals surface area contributed by atoms with E-state index in [0.717, 1.165) is 0 Å². The number of rotatable bonds is 6. The van der Waals surface area contributed by atoms with Crippen LogP contribution in [-0.4, -0.2) is 31.0 Å². The number of methoxy groups -OCH3 is 2. The van der Waals surface area contributed by atoms with Gasteiger partial charge < -0.3 is 23.4 Å². The van der Waals surface area contributed by atoms with E-state index in [1.807, 2.05) is 0 Å². The molecule has 2 aromatic heterocycles. The number of nitrogens with zero attached hydrogens (tertiary/aromatic N) is 1. The molecule has 0 bridgehead atoms. The Hall–Kier alpha value is -4.17. The van der Waals surface area contributed by atoms with Crippen LogP contribution in [0.1, 0.15) is 28.1 Å². The fourth-order valence-electron chi connectivity index (χ4n) is 4.27. The van der Waals surface area contributed by atoms with Gasteiger partial charge in [-0.3, -0.25) is 14.5 Å². The lowest BCUT2D eigenvalue weighted by Crippen LogP contribution is -2.31. The quantitative estimate of drug-likeness (QED) is 0.339. The van der Waals surface area contributed by atoms with Crippen molar-refractivity contribution in [2.24, 2.45) is 0 Å². The second-order valence-corrected chi connectivity index (χ2v) is 8.36. The molecule has 0 saturated carbocycles. The molecule has 0 saturated heterocycles. The van der Waals surface area contributed by atoms with Gasteiger partial charge in [0.25, 0.3) is 5.91 Å². The minimum Gasteiger partial charge on any atom is -0.503 e. The molecule has 1 aliphatic heterocycles. The highest BCUT2D eigenvalue weighted by Gasteiger charge is 2.47. The molecule has 0 aliphatic carbocycles. The van der Waals surface area contributed by atoms with Crippen LogP contribution in [0.4, 0.5) is 5.69 Å². The van der Waals surface area contributed by atoms with E-state index in [4.69, 9.17) is 29.9 Å². The van der Waals surface area contributed by atoms with Gasteiger partial charge in [0, 0.05) is 16.5 Å². The molecule has 1 unspecified atom stereocenters. The van der Waals surface area contributed by atoms with Crippen molar-refractivity contribution in [1.82, 2.24) is 0 Å². The number of para-hydroxylation sites is 2. The summed E-state index contributed by atoms with van der Waals surface area (Å²) in [7, 11) is 2.93. The molecule has 1 N–H and O–H groups in total. The summed E-state index contributed by atoms with van der Waals surface area (Å²) < 4.78 is 22.4. The molecule has 4 aromatic rings. The molecular formula is C26H20ClNO7. The van der Waals surface area contributed by atoms with E-state index in [1.54, 1.807) is 55.5 Å². The number of carbonyl (C=O) groups is 2. The van der Waals surface area contributed by atoms with E-state index in [9.17, 15) is 14.7 Å². The number of anilines is 1. The number of aliphatic hydroxyl groups is 1. The lowest BCUT2D eigenvalue weighted by atomic mass is 9.99. The number of aryl methyl sites for hydroxylation is 1. The van der Waals surface area contributed by atoms with E-state index >= 15 is 0 Å². The zero-order valence-corrected chi connectivity index (χ0v) is 19.8. The highest BCUT2D eigenvalue weighted by Crippen LogP contribution is 2.45. The van der Waals surface area contributed by atoms with Gasteiger partial charge >= 0.3 is 0 Å². The number of hydrogen-bond donors (Lipinski definition) is 1. The monoisotopic (exact) mass is 493 g/mol. The van der Waals surface area contributed by atoms with Gasteiger partial charge in [0.15, 0.2) is 22.9 Å². The van der Waals surface area contributed by atoms with Crippen molar-refractivity contribution in [3.63, 3.8) is 0 Å². The second kappa shape index (κ2) is 8.56. The average molecular weight is 494 g/mol. The van der Waals surface area contributed by atoms with Crippen molar-refractivity contribution in [3.8, 4) is 11.5 Å². The molecule has 35 heavy (non-hydrogen) atoms. The van der Waals surface area contributed by atoms with Crippen molar-refractivity contribution in [2.45, 2.75) is 13.0 Å². The second-order valence-electron chi connectivity index (χ2n) is 7.93. The van der Waals surface area contributed by atoms with Gasteiger partial charge in [0.05, 0.1) is 25.5 Å². The van der Waals surface area contributed by atoms with Gasteiger partial charge in [0.1, 0.15) is 23.3 Å². The third-order valence-electron chi connectivity index (χ3n) is 5.82. The lowest BCUT2D eigenvalue weighted by Gasteiger charge is -2.26. The van der Waals surface area contributed by atoms with Crippen LogP contribution in [0, 0.1) is 6.92 Å². The van der Waals surface area contributed by atoms with Gasteiger partial charge in [0.2, 0.25) is 5.78 Å². The minimum absolute atomic E-state index is 0.0925. The first-order valence-electron chi connectivity index (χ1n) is 10.6. The molecule has 5 rings (SSSR count). The molecule has 1 amide bonds. The SMILES string of the molecule is COc1ccccc1N1C(=O)C(O)=C(C(=O)c2cc3cc(Cl)cc(OC)c3o2)C1c1ccc(C)o1. The number of furan rings is 2. The Labute approximate surface area is 204 Å². The zero-order valence-electron chi connectivity index (χ0n) is 19.0. The summed E-state index contributed by atoms with van der Waals surface area (Å²) in [4.78, 5) is 28.3. The molecule has 0 radical (unpaired) electrons. The molecule has 1 aliphatic rings. The predicted octanol–water partition coefficient (Wildman–Crippen LogP) is 5.79. The van der Waals surface area contributed by atoms with Gasteiger partial charge in [-0.25, -0.2) is 0 Å². The average Bonchev–Trinajstić information content (AvgIpc) is 3.54. The van der Waals surface area contributed by atoms with E-state index in [2.05, 4.69) is 0 Å². The highest BCUT2D eigenvalue weighted by atomic mass is 35.5. The molecular weight excluding hydrogens is 474 g/mol. The Kier molecular flexibility index (Phi) is 5.53. The Bertz CT molecular complexity index is 1510. The minimum atomic E-state index is -1.06. The van der Waals surface area contributed by atoms with Crippen LogP contribution < -0.4 is 14.4 Å². The van der Waals surface area contributed by atoms with Crippen molar-refractivity contribution in [1.29, 1.82) is 0 Å². The third-order valence-corrected chi connectivity index (χ3v) is 6.04. The number of ether oxygens (including phenoxy) is 2. The van der Waals surface area contributed by atoms with Crippen LogP contribution in [0.15, 0.2) is 74.8 Å². The molecule has 178 valence electrons. The summed E-state index contributed by atoms with van der Waals surface area (Å²) in [5, 5.41) is 11.9. The molecule has 9 heteroatoms. The van der Waals surface area contributed by atoms with E-state index in [0.29, 0.717) is 44.7 Å². The summed E-state index contributed by atoms with van der Waals surface area (Å²) in [6, 6.07) is 13.8. The van der Waals surface area contributed by atoms with E-state index in [1.165, 1.54) is 25.2 Å². The number of ketones is 1.